The van der Waals surface area contributed by atoms with E-state index in [4.69, 9.17) is 0 Å². The second kappa shape index (κ2) is 5.43. The first-order chi connectivity index (χ1) is 9.79. The summed E-state index contributed by atoms with van der Waals surface area (Å²) >= 11 is 0. The Balaban J connectivity index is 2.22. The van der Waals surface area contributed by atoms with E-state index in [1.165, 1.54) is 27.6 Å². The highest BCUT2D eigenvalue weighted by molar-refractivity contribution is 5.94. The highest BCUT2D eigenvalue weighted by Crippen LogP contribution is 2.30. The molecule has 3 rings (SSSR count). The van der Waals surface area contributed by atoms with E-state index in [1.807, 2.05) is 19.3 Å². The molecule has 0 saturated heterocycles. The first-order valence-electron chi connectivity index (χ1n) is 6.88. The molecule has 0 amide bonds. The Morgan fingerprint density at radius 2 is 1.85 bits per heavy atom. The van der Waals surface area contributed by atoms with Crippen LogP contribution in [0.25, 0.3) is 22.0 Å². The molecule has 100 valence electrons. The normalized spacial score (nSPS) is 10.9. The molecule has 0 aliphatic carbocycles. The zero-order valence-corrected chi connectivity index (χ0v) is 11.9. The zero-order chi connectivity index (χ0) is 13.9. The smallest absolute Gasteiger partial charge is 0.0780 e. The van der Waals surface area contributed by atoms with Gasteiger partial charge in [0.2, 0.25) is 0 Å². The molecule has 1 N–H and O–H groups in total. The number of pyridine rings is 1. The van der Waals surface area contributed by atoms with E-state index in [2.05, 4.69) is 59.7 Å². The lowest BCUT2D eigenvalue weighted by Crippen LogP contribution is -2.05. The van der Waals surface area contributed by atoms with Crippen LogP contribution in [0.1, 0.15) is 11.1 Å². The largest absolute Gasteiger partial charge is 0.316 e. The summed E-state index contributed by atoms with van der Waals surface area (Å²) in [6.45, 7) is 3.03. The minimum atomic E-state index is 0.880. The molecule has 0 bridgehead atoms. The molecule has 20 heavy (non-hydrogen) atoms. The summed E-state index contributed by atoms with van der Waals surface area (Å²) in [4.78, 5) is 4.56. The van der Waals surface area contributed by atoms with Crippen LogP contribution in [-0.4, -0.2) is 12.0 Å². The van der Waals surface area contributed by atoms with E-state index in [0.29, 0.717) is 0 Å². The number of hydrogen-bond acceptors (Lipinski definition) is 2. The number of benzene rings is 2. The fraction of sp³-hybridized carbons (Fsp3) is 0.167. The zero-order valence-electron chi connectivity index (χ0n) is 11.9. The van der Waals surface area contributed by atoms with Crippen LogP contribution < -0.4 is 5.32 Å². The van der Waals surface area contributed by atoms with E-state index in [1.54, 1.807) is 0 Å². The third kappa shape index (κ3) is 2.30. The van der Waals surface area contributed by atoms with Gasteiger partial charge in [0.25, 0.3) is 0 Å². The third-order valence-corrected chi connectivity index (χ3v) is 3.61. The van der Waals surface area contributed by atoms with Gasteiger partial charge in [-0.1, -0.05) is 36.4 Å². The maximum atomic E-state index is 4.56. The second-order valence-electron chi connectivity index (χ2n) is 5.06. The van der Waals surface area contributed by atoms with Crippen LogP contribution in [0.2, 0.25) is 0 Å². The number of rotatable bonds is 3. The van der Waals surface area contributed by atoms with E-state index in [-0.39, 0.29) is 0 Å². The summed E-state index contributed by atoms with van der Waals surface area (Å²) in [6.07, 6.45) is 1.86. The molecule has 0 atom stereocenters. The molecule has 0 radical (unpaired) electrons. The van der Waals surface area contributed by atoms with Gasteiger partial charge >= 0.3 is 0 Å². The maximum absolute atomic E-state index is 4.56. The van der Waals surface area contributed by atoms with E-state index >= 15 is 0 Å². The van der Waals surface area contributed by atoms with Crippen molar-refractivity contribution in [1.82, 2.24) is 10.3 Å². The SMILES string of the molecule is CNCc1ccc(C)c(-c2cccc3cccnc23)c1. The number of aromatic nitrogens is 1. The van der Waals surface area contributed by atoms with Crippen LogP contribution in [0.15, 0.2) is 54.7 Å². The molecule has 0 saturated carbocycles. The molecular formula is C18H18N2. The highest BCUT2D eigenvalue weighted by atomic mass is 14.8. The molecule has 0 aliphatic rings. The van der Waals surface area contributed by atoms with E-state index in [9.17, 15) is 0 Å². The summed E-state index contributed by atoms with van der Waals surface area (Å²) in [5.74, 6) is 0. The Morgan fingerprint density at radius 1 is 1.00 bits per heavy atom. The Kier molecular flexibility index (Phi) is 3.48. The Morgan fingerprint density at radius 3 is 2.70 bits per heavy atom. The lowest BCUT2D eigenvalue weighted by atomic mass is 9.96. The summed E-state index contributed by atoms with van der Waals surface area (Å²) in [5, 5.41) is 4.39. The van der Waals surface area contributed by atoms with Gasteiger partial charge in [0.15, 0.2) is 0 Å². The Hall–Kier alpha value is -2.19. The maximum Gasteiger partial charge on any atom is 0.0780 e. The van der Waals surface area contributed by atoms with Gasteiger partial charge in [0, 0.05) is 23.7 Å². The van der Waals surface area contributed by atoms with Crippen molar-refractivity contribution in [1.29, 1.82) is 0 Å². The average molecular weight is 262 g/mol. The van der Waals surface area contributed by atoms with Gasteiger partial charge < -0.3 is 5.32 Å². The number of para-hydroxylation sites is 1. The van der Waals surface area contributed by atoms with Gasteiger partial charge in [-0.15, -0.1) is 0 Å². The quantitative estimate of drug-likeness (QED) is 0.773. The van der Waals surface area contributed by atoms with Crippen molar-refractivity contribution in [3.63, 3.8) is 0 Å². The number of hydrogen-bond donors (Lipinski definition) is 1. The van der Waals surface area contributed by atoms with E-state index < -0.39 is 0 Å². The summed E-state index contributed by atoms with van der Waals surface area (Å²) < 4.78 is 0. The second-order valence-corrected chi connectivity index (χ2v) is 5.06. The Labute approximate surface area is 119 Å². The number of nitrogens with one attached hydrogen (secondary N) is 1. The first-order valence-corrected chi connectivity index (χ1v) is 6.88. The van der Waals surface area contributed by atoms with Crippen molar-refractivity contribution in [2.45, 2.75) is 13.5 Å². The van der Waals surface area contributed by atoms with Crippen LogP contribution in [0.5, 0.6) is 0 Å². The van der Waals surface area contributed by atoms with Crippen LogP contribution in [-0.2, 0) is 6.54 Å². The molecular weight excluding hydrogens is 244 g/mol. The van der Waals surface area contributed by atoms with Crippen molar-refractivity contribution in [2.75, 3.05) is 7.05 Å². The van der Waals surface area contributed by atoms with Crippen molar-refractivity contribution in [2.24, 2.45) is 0 Å². The monoisotopic (exact) mass is 262 g/mol. The van der Waals surface area contributed by atoms with Crippen LogP contribution in [0.4, 0.5) is 0 Å². The fourth-order valence-corrected chi connectivity index (χ4v) is 2.59. The molecule has 2 heteroatoms. The fourth-order valence-electron chi connectivity index (χ4n) is 2.59. The summed E-state index contributed by atoms with van der Waals surface area (Å²) in [6, 6.07) is 17.1. The topological polar surface area (TPSA) is 24.9 Å². The van der Waals surface area contributed by atoms with Crippen molar-refractivity contribution in [3.8, 4) is 11.1 Å². The first kappa shape index (κ1) is 12.8. The van der Waals surface area contributed by atoms with Gasteiger partial charge in [-0.3, -0.25) is 4.98 Å². The van der Waals surface area contributed by atoms with Gasteiger partial charge in [-0.05, 0) is 42.8 Å². The molecule has 2 aromatic carbocycles. The lowest BCUT2D eigenvalue weighted by Gasteiger charge is -2.11. The summed E-state index contributed by atoms with van der Waals surface area (Å²) in [5.41, 5.74) is 6.12. The van der Waals surface area contributed by atoms with Crippen molar-refractivity contribution < 1.29 is 0 Å². The molecule has 0 unspecified atom stereocenters. The Bertz CT molecular complexity index is 742. The van der Waals surface area contributed by atoms with Gasteiger partial charge in [-0.25, -0.2) is 0 Å². The average Bonchev–Trinajstić information content (AvgIpc) is 2.49. The number of fused-ring (bicyclic) bond motifs is 1. The minimum Gasteiger partial charge on any atom is -0.316 e. The molecule has 2 nitrogen and oxygen atoms in total. The van der Waals surface area contributed by atoms with Gasteiger partial charge in [0.1, 0.15) is 0 Å². The lowest BCUT2D eigenvalue weighted by molar-refractivity contribution is 0.818. The van der Waals surface area contributed by atoms with Gasteiger partial charge in [-0.2, -0.15) is 0 Å². The van der Waals surface area contributed by atoms with Gasteiger partial charge in [0.05, 0.1) is 5.52 Å². The van der Waals surface area contributed by atoms with Crippen LogP contribution >= 0.6 is 0 Å². The third-order valence-electron chi connectivity index (χ3n) is 3.61. The predicted octanol–water partition coefficient (Wildman–Crippen LogP) is 3.93. The summed E-state index contributed by atoms with van der Waals surface area (Å²) in [7, 11) is 1.97. The van der Waals surface area contributed by atoms with Crippen LogP contribution in [0, 0.1) is 6.92 Å². The number of nitrogens with zero attached hydrogens (tertiary/aromatic N) is 1. The van der Waals surface area contributed by atoms with Crippen molar-refractivity contribution in [3.05, 3.63) is 65.9 Å². The van der Waals surface area contributed by atoms with E-state index in [0.717, 1.165) is 12.1 Å². The molecule has 3 aromatic rings. The highest BCUT2D eigenvalue weighted by Gasteiger charge is 2.08. The predicted molar refractivity (Wildman–Crippen MR) is 84.7 cm³/mol. The molecule has 0 spiro atoms. The molecule has 0 fully saturated rings. The minimum absolute atomic E-state index is 0.880. The van der Waals surface area contributed by atoms with Crippen molar-refractivity contribution >= 4 is 10.9 Å². The number of aryl methyl sites for hydroxylation is 1. The molecule has 1 aromatic heterocycles. The van der Waals surface area contributed by atoms with Crippen LogP contribution in [0.3, 0.4) is 0 Å². The molecule has 1 heterocycles. The molecule has 0 aliphatic heterocycles. The standard InChI is InChI=1S/C18H18N2/c1-13-8-9-14(12-19-2)11-17(13)16-7-3-5-15-6-4-10-20-18(15)16/h3-11,19H,12H2,1-2H3.